The molecule has 1 spiro atoms. The summed E-state index contributed by atoms with van der Waals surface area (Å²) in [5.74, 6) is -1.93. The van der Waals surface area contributed by atoms with Gasteiger partial charge in [0.25, 0.3) is 0 Å². The van der Waals surface area contributed by atoms with Gasteiger partial charge in [-0.25, -0.2) is 0 Å². The van der Waals surface area contributed by atoms with E-state index in [-0.39, 0.29) is 23.8 Å². The fourth-order valence-corrected chi connectivity index (χ4v) is 5.45. The fourth-order valence-electron chi connectivity index (χ4n) is 5.45. The molecule has 3 heterocycles. The first-order valence-electron chi connectivity index (χ1n) is 10.4. The Morgan fingerprint density at radius 3 is 2.47 bits per heavy atom. The van der Waals surface area contributed by atoms with Crippen molar-refractivity contribution >= 4 is 23.4 Å². The molecular formula is C24H25N3O3. The molecule has 4 atom stereocenters. The number of nitrogens with one attached hydrogen (secondary N) is 2. The number of anilines is 1. The van der Waals surface area contributed by atoms with Crippen LogP contribution in [-0.2, 0) is 26.3 Å². The second kappa shape index (κ2) is 6.51. The molecule has 30 heavy (non-hydrogen) atoms. The largest absolute Gasteiger partial charge is 0.324 e. The topological polar surface area (TPSA) is 78.5 Å². The maximum absolute atomic E-state index is 13.5. The number of hydrogen-bond acceptors (Lipinski definition) is 4. The molecule has 3 amide bonds. The van der Waals surface area contributed by atoms with Gasteiger partial charge in [-0.2, -0.15) is 0 Å². The number of rotatable bonds is 3. The average molecular weight is 403 g/mol. The lowest BCUT2D eigenvalue weighted by Gasteiger charge is -2.29. The van der Waals surface area contributed by atoms with Crippen molar-refractivity contribution in [3.05, 3.63) is 64.7 Å². The van der Waals surface area contributed by atoms with Gasteiger partial charge in [0.2, 0.25) is 17.7 Å². The molecule has 0 radical (unpaired) electrons. The SMILES string of the molecule is Cc1ccc2c(c1C)NC(=O)C21NC(C)C2C(=O)N(CCc3ccccc3)C(=O)C21. The van der Waals surface area contributed by atoms with Crippen LogP contribution in [0.1, 0.15) is 29.2 Å². The van der Waals surface area contributed by atoms with E-state index in [1.165, 1.54) is 4.90 Å². The van der Waals surface area contributed by atoms with Crippen molar-refractivity contribution in [2.24, 2.45) is 11.8 Å². The molecule has 2 fully saturated rings. The van der Waals surface area contributed by atoms with Crippen LogP contribution < -0.4 is 10.6 Å². The Morgan fingerprint density at radius 2 is 1.73 bits per heavy atom. The maximum atomic E-state index is 13.5. The van der Waals surface area contributed by atoms with E-state index in [2.05, 4.69) is 10.6 Å². The molecule has 6 nitrogen and oxygen atoms in total. The number of carbonyl (C=O) groups is 3. The van der Waals surface area contributed by atoms with Gasteiger partial charge in [-0.1, -0.05) is 42.5 Å². The van der Waals surface area contributed by atoms with E-state index in [0.717, 1.165) is 27.9 Å². The summed E-state index contributed by atoms with van der Waals surface area (Å²) in [7, 11) is 0. The summed E-state index contributed by atoms with van der Waals surface area (Å²) in [5.41, 5.74) is 3.50. The van der Waals surface area contributed by atoms with Gasteiger partial charge in [0.15, 0.2) is 0 Å². The van der Waals surface area contributed by atoms with Gasteiger partial charge in [-0.15, -0.1) is 0 Å². The fraction of sp³-hybridized carbons (Fsp3) is 0.375. The number of amides is 3. The summed E-state index contributed by atoms with van der Waals surface area (Å²) in [6.07, 6.45) is 0.605. The zero-order chi connectivity index (χ0) is 21.2. The monoisotopic (exact) mass is 403 g/mol. The highest BCUT2D eigenvalue weighted by molar-refractivity contribution is 6.15. The summed E-state index contributed by atoms with van der Waals surface area (Å²) in [6, 6.07) is 13.4. The second-order valence-corrected chi connectivity index (χ2v) is 8.69. The minimum Gasteiger partial charge on any atom is -0.324 e. The van der Waals surface area contributed by atoms with Crippen LogP contribution in [0.4, 0.5) is 5.69 Å². The number of hydrogen-bond donors (Lipinski definition) is 2. The number of imide groups is 1. The summed E-state index contributed by atoms with van der Waals surface area (Å²) >= 11 is 0. The standard InChI is InChI=1S/C24H25N3O3/c1-13-9-10-17-20(14(13)2)25-23(30)24(17)19-18(15(3)26-24)21(28)27(22(19)29)12-11-16-7-5-4-6-8-16/h4-10,15,18-19,26H,11-12H2,1-3H3,(H,25,30). The minimum atomic E-state index is -1.19. The molecule has 154 valence electrons. The first-order chi connectivity index (χ1) is 14.4. The Hall–Kier alpha value is -2.99. The number of aryl methyl sites for hydroxylation is 1. The normalized spacial score (nSPS) is 29.5. The van der Waals surface area contributed by atoms with Crippen LogP contribution in [0.3, 0.4) is 0 Å². The second-order valence-electron chi connectivity index (χ2n) is 8.69. The van der Waals surface area contributed by atoms with Gasteiger partial charge in [0.05, 0.1) is 11.8 Å². The van der Waals surface area contributed by atoms with E-state index in [1.807, 2.05) is 63.2 Å². The minimum absolute atomic E-state index is 0.178. The molecule has 3 aliphatic rings. The lowest BCUT2D eigenvalue weighted by molar-refractivity contribution is -0.142. The van der Waals surface area contributed by atoms with Gasteiger partial charge < -0.3 is 5.32 Å². The summed E-state index contributed by atoms with van der Waals surface area (Å²) in [5, 5.41) is 6.36. The Kier molecular flexibility index (Phi) is 4.12. The Labute approximate surface area is 175 Å². The third-order valence-corrected chi connectivity index (χ3v) is 7.13. The Bertz CT molecular complexity index is 1080. The average Bonchev–Trinajstić information content (AvgIpc) is 3.29. The summed E-state index contributed by atoms with van der Waals surface area (Å²) in [4.78, 5) is 41.4. The van der Waals surface area contributed by atoms with Crippen molar-refractivity contribution in [3.8, 4) is 0 Å². The number of likely N-dealkylation sites (tertiary alicyclic amines) is 1. The number of benzene rings is 2. The number of fused-ring (bicyclic) bond motifs is 4. The van der Waals surface area contributed by atoms with E-state index in [4.69, 9.17) is 0 Å². The zero-order valence-corrected chi connectivity index (χ0v) is 17.4. The predicted octanol–water partition coefficient (Wildman–Crippen LogP) is 2.29. The maximum Gasteiger partial charge on any atom is 0.250 e. The van der Waals surface area contributed by atoms with Gasteiger partial charge in [0.1, 0.15) is 5.54 Å². The molecule has 2 saturated heterocycles. The molecule has 4 unspecified atom stereocenters. The molecule has 0 aliphatic carbocycles. The van der Waals surface area contributed by atoms with Crippen LogP contribution in [0.15, 0.2) is 42.5 Å². The summed E-state index contributed by atoms with van der Waals surface area (Å²) in [6.45, 7) is 6.19. The van der Waals surface area contributed by atoms with Gasteiger partial charge in [-0.05, 0) is 43.9 Å². The molecule has 6 heteroatoms. The van der Waals surface area contributed by atoms with Crippen LogP contribution in [0, 0.1) is 25.7 Å². The quantitative estimate of drug-likeness (QED) is 0.771. The molecule has 3 aliphatic heterocycles. The van der Waals surface area contributed by atoms with Crippen molar-refractivity contribution in [2.45, 2.75) is 38.8 Å². The lowest BCUT2D eigenvalue weighted by Crippen LogP contribution is -2.53. The molecule has 2 aromatic rings. The summed E-state index contributed by atoms with van der Waals surface area (Å²) < 4.78 is 0. The predicted molar refractivity (Wildman–Crippen MR) is 113 cm³/mol. The highest BCUT2D eigenvalue weighted by atomic mass is 16.2. The highest BCUT2D eigenvalue weighted by Gasteiger charge is 2.69. The van der Waals surface area contributed by atoms with Gasteiger partial charge in [-0.3, -0.25) is 24.6 Å². The van der Waals surface area contributed by atoms with Crippen molar-refractivity contribution < 1.29 is 14.4 Å². The van der Waals surface area contributed by atoms with Crippen molar-refractivity contribution in [1.29, 1.82) is 0 Å². The van der Waals surface area contributed by atoms with Gasteiger partial charge in [0, 0.05) is 23.8 Å². The zero-order valence-electron chi connectivity index (χ0n) is 17.4. The number of nitrogens with zero attached hydrogens (tertiary/aromatic N) is 1. The number of carbonyl (C=O) groups excluding carboxylic acids is 3. The van der Waals surface area contributed by atoms with Crippen LogP contribution in [0.5, 0.6) is 0 Å². The highest BCUT2D eigenvalue weighted by Crippen LogP contribution is 2.53. The third-order valence-electron chi connectivity index (χ3n) is 7.13. The van der Waals surface area contributed by atoms with Crippen LogP contribution in [0.25, 0.3) is 0 Å². The molecule has 5 rings (SSSR count). The molecule has 0 aromatic heterocycles. The van der Waals surface area contributed by atoms with E-state index >= 15 is 0 Å². The van der Waals surface area contributed by atoms with Crippen molar-refractivity contribution in [2.75, 3.05) is 11.9 Å². The van der Waals surface area contributed by atoms with E-state index < -0.39 is 17.4 Å². The first kappa shape index (κ1) is 19.0. The Balaban J connectivity index is 1.53. The third kappa shape index (κ3) is 2.37. The van der Waals surface area contributed by atoms with Crippen LogP contribution >= 0.6 is 0 Å². The smallest absolute Gasteiger partial charge is 0.250 e. The van der Waals surface area contributed by atoms with Crippen molar-refractivity contribution in [1.82, 2.24) is 10.2 Å². The molecule has 2 N–H and O–H groups in total. The first-order valence-corrected chi connectivity index (χ1v) is 10.4. The van der Waals surface area contributed by atoms with E-state index in [9.17, 15) is 14.4 Å². The van der Waals surface area contributed by atoms with Crippen LogP contribution in [-0.4, -0.2) is 35.2 Å². The van der Waals surface area contributed by atoms with E-state index in [0.29, 0.717) is 13.0 Å². The Morgan fingerprint density at radius 1 is 1.00 bits per heavy atom. The molecule has 2 aromatic carbocycles. The molecular weight excluding hydrogens is 378 g/mol. The van der Waals surface area contributed by atoms with Crippen molar-refractivity contribution in [3.63, 3.8) is 0 Å². The van der Waals surface area contributed by atoms with Crippen LogP contribution in [0.2, 0.25) is 0 Å². The molecule has 0 saturated carbocycles. The lowest BCUT2D eigenvalue weighted by atomic mass is 9.76. The van der Waals surface area contributed by atoms with Gasteiger partial charge >= 0.3 is 0 Å². The van der Waals surface area contributed by atoms with E-state index in [1.54, 1.807) is 0 Å². The molecule has 0 bridgehead atoms.